The number of anilines is 1. The number of rotatable bonds is 3. The Morgan fingerprint density at radius 1 is 1.17 bits per heavy atom. The third-order valence-electron chi connectivity index (χ3n) is 5.77. The lowest BCUT2D eigenvalue weighted by molar-refractivity contribution is 0.0783. The molecule has 1 aromatic carbocycles. The fourth-order valence-electron chi connectivity index (χ4n) is 4.47. The van der Waals surface area contributed by atoms with Crippen molar-refractivity contribution in [1.29, 1.82) is 0 Å². The number of amides is 2. The topological polar surface area (TPSA) is 105 Å². The lowest BCUT2D eigenvalue weighted by Gasteiger charge is -2.16. The predicted octanol–water partition coefficient (Wildman–Crippen LogP) is 4.19. The summed E-state index contributed by atoms with van der Waals surface area (Å²) < 4.78 is 17.2. The van der Waals surface area contributed by atoms with Crippen molar-refractivity contribution in [3.05, 3.63) is 44.8 Å². The van der Waals surface area contributed by atoms with Crippen molar-refractivity contribution < 1.29 is 14.1 Å². The van der Waals surface area contributed by atoms with Gasteiger partial charge in [-0.2, -0.15) is 0 Å². The number of carbonyl (C=O) groups is 1. The van der Waals surface area contributed by atoms with Gasteiger partial charge in [0.05, 0.1) is 5.60 Å². The third kappa shape index (κ3) is 3.86. The maximum Gasteiger partial charge on any atom is 0.354 e. The second-order valence-electron chi connectivity index (χ2n) is 8.42. The molecule has 0 unspecified atom stereocenters. The molecular formula is C21H27N3O3S2. The van der Waals surface area contributed by atoms with E-state index in [1.807, 2.05) is 6.92 Å². The molecule has 0 spiro atoms. The standard InChI is InChI=1S/C21H27N3O3S2/c1-12-17(21(2,3)26)11-18(28-12)29(22,27)24-20(25)23-19-15-8-4-6-13(15)10-14-7-5-9-16(14)19/h10-11,26H,4-9H2,1-3H3,(H3,22,23,24,25,27)/t29-/m0/s1. The number of aliphatic hydroxyl groups is 1. The van der Waals surface area contributed by atoms with E-state index in [0.717, 1.165) is 49.1 Å². The van der Waals surface area contributed by atoms with E-state index in [1.165, 1.54) is 33.6 Å². The number of carbonyl (C=O) groups excluding carboxylic acids is 1. The Hall–Kier alpha value is -1.74. The molecule has 0 bridgehead atoms. The molecule has 0 radical (unpaired) electrons. The van der Waals surface area contributed by atoms with E-state index in [0.29, 0.717) is 9.77 Å². The first-order chi connectivity index (χ1) is 13.6. The van der Waals surface area contributed by atoms with Gasteiger partial charge >= 0.3 is 6.03 Å². The van der Waals surface area contributed by atoms with Crippen LogP contribution in [0, 0.1) is 6.92 Å². The number of thiophene rings is 1. The number of benzene rings is 1. The van der Waals surface area contributed by atoms with Crippen LogP contribution in [-0.4, -0.2) is 15.3 Å². The minimum Gasteiger partial charge on any atom is -0.386 e. The van der Waals surface area contributed by atoms with Crippen molar-refractivity contribution in [3.63, 3.8) is 0 Å². The average molecular weight is 434 g/mol. The Morgan fingerprint density at radius 3 is 2.28 bits per heavy atom. The normalized spacial score (nSPS) is 17.6. The Labute approximate surface area is 175 Å². The minimum absolute atomic E-state index is 0.297. The summed E-state index contributed by atoms with van der Waals surface area (Å²) in [5, 5.41) is 19.2. The van der Waals surface area contributed by atoms with Crippen LogP contribution in [0.15, 0.2) is 20.7 Å². The molecule has 2 amide bonds. The maximum absolute atomic E-state index is 13.0. The Balaban J connectivity index is 1.67. The smallest absolute Gasteiger partial charge is 0.354 e. The van der Waals surface area contributed by atoms with E-state index in [2.05, 4.69) is 15.7 Å². The first-order valence-corrected chi connectivity index (χ1v) is 12.3. The van der Waals surface area contributed by atoms with Crippen LogP contribution in [0.1, 0.15) is 59.4 Å². The third-order valence-corrected chi connectivity index (χ3v) is 8.71. The summed E-state index contributed by atoms with van der Waals surface area (Å²) in [7, 11) is -3.40. The molecule has 1 atom stereocenters. The van der Waals surface area contributed by atoms with Gasteiger partial charge < -0.3 is 10.4 Å². The molecule has 2 aliphatic rings. The molecule has 156 valence electrons. The number of hydrogen-bond donors (Lipinski definition) is 3. The molecule has 1 heterocycles. The number of nitrogens with one attached hydrogen (secondary N) is 1. The number of hydrogen-bond acceptors (Lipinski definition) is 4. The van der Waals surface area contributed by atoms with Crippen molar-refractivity contribution >= 4 is 33.0 Å². The molecule has 0 fully saturated rings. The number of fused-ring (bicyclic) bond motifs is 2. The molecule has 6 nitrogen and oxygen atoms in total. The molecule has 8 heteroatoms. The van der Waals surface area contributed by atoms with Crippen LogP contribution < -0.4 is 10.5 Å². The van der Waals surface area contributed by atoms with Gasteiger partial charge in [0.2, 0.25) is 0 Å². The second-order valence-corrected chi connectivity index (χ2v) is 11.7. The average Bonchev–Trinajstić information content (AvgIpc) is 3.31. The molecule has 4 rings (SSSR count). The van der Waals surface area contributed by atoms with Crippen molar-refractivity contribution in [1.82, 2.24) is 0 Å². The highest BCUT2D eigenvalue weighted by Gasteiger charge is 2.27. The van der Waals surface area contributed by atoms with Gasteiger partial charge in [0.1, 0.15) is 4.21 Å². The summed E-state index contributed by atoms with van der Waals surface area (Å²) >= 11 is 1.20. The first kappa shape index (κ1) is 20.5. The van der Waals surface area contributed by atoms with Crippen molar-refractivity contribution in [2.45, 2.75) is 69.1 Å². The molecule has 0 aliphatic heterocycles. The lowest BCUT2D eigenvalue weighted by atomic mass is 9.99. The summed E-state index contributed by atoms with van der Waals surface area (Å²) in [6.45, 7) is 5.14. The van der Waals surface area contributed by atoms with E-state index in [1.54, 1.807) is 19.9 Å². The predicted molar refractivity (Wildman–Crippen MR) is 117 cm³/mol. The lowest BCUT2D eigenvalue weighted by Crippen LogP contribution is -2.18. The van der Waals surface area contributed by atoms with Crippen molar-refractivity contribution in [2.24, 2.45) is 9.50 Å². The number of aryl methyl sites for hydroxylation is 3. The van der Waals surface area contributed by atoms with Gasteiger partial charge in [-0.25, -0.2) is 14.1 Å². The highest BCUT2D eigenvalue weighted by atomic mass is 32.2. The number of nitrogens with two attached hydrogens (primary N) is 1. The fourth-order valence-corrected chi connectivity index (χ4v) is 7.00. The van der Waals surface area contributed by atoms with Gasteiger partial charge in [-0.05, 0) is 93.2 Å². The number of nitrogens with zero attached hydrogens (tertiary/aromatic N) is 1. The summed E-state index contributed by atoms with van der Waals surface area (Å²) in [5.74, 6) is 0. The maximum atomic E-state index is 13.0. The largest absolute Gasteiger partial charge is 0.386 e. The zero-order valence-electron chi connectivity index (χ0n) is 17.0. The quantitative estimate of drug-likeness (QED) is 0.676. The van der Waals surface area contributed by atoms with E-state index in [-0.39, 0.29) is 0 Å². The van der Waals surface area contributed by atoms with Gasteiger partial charge in [-0.15, -0.1) is 15.7 Å². The van der Waals surface area contributed by atoms with Gasteiger partial charge in [-0.1, -0.05) is 6.07 Å². The van der Waals surface area contributed by atoms with Crippen LogP contribution in [-0.2, 0) is 41.2 Å². The van der Waals surface area contributed by atoms with E-state index in [4.69, 9.17) is 5.14 Å². The van der Waals surface area contributed by atoms with E-state index in [9.17, 15) is 14.1 Å². The van der Waals surface area contributed by atoms with Crippen LogP contribution in [0.5, 0.6) is 0 Å². The Bertz CT molecular complexity index is 1090. The highest BCUT2D eigenvalue weighted by Crippen LogP contribution is 2.39. The zero-order valence-corrected chi connectivity index (χ0v) is 18.6. The molecule has 2 aliphatic carbocycles. The summed E-state index contributed by atoms with van der Waals surface area (Å²) in [4.78, 5) is 13.5. The molecule has 0 saturated heterocycles. The second kappa shape index (κ2) is 7.19. The van der Waals surface area contributed by atoms with Crippen molar-refractivity contribution in [2.75, 3.05) is 5.32 Å². The summed E-state index contributed by atoms with van der Waals surface area (Å²) in [5.41, 5.74) is 5.40. The van der Waals surface area contributed by atoms with Crippen LogP contribution >= 0.6 is 11.3 Å². The van der Waals surface area contributed by atoms with Gasteiger partial charge in [0.15, 0.2) is 9.92 Å². The van der Waals surface area contributed by atoms with Gasteiger partial charge in [0.25, 0.3) is 0 Å². The van der Waals surface area contributed by atoms with Gasteiger partial charge in [0, 0.05) is 10.6 Å². The molecule has 0 saturated carbocycles. The monoisotopic (exact) mass is 433 g/mol. The Morgan fingerprint density at radius 2 is 1.76 bits per heavy atom. The van der Waals surface area contributed by atoms with E-state index >= 15 is 0 Å². The van der Waals surface area contributed by atoms with Gasteiger partial charge in [-0.3, -0.25) is 0 Å². The molecule has 1 aromatic heterocycles. The Kier molecular flexibility index (Phi) is 5.09. The molecule has 29 heavy (non-hydrogen) atoms. The number of urea groups is 1. The summed E-state index contributed by atoms with van der Waals surface area (Å²) in [6.07, 6.45) is 6.11. The first-order valence-electron chi connectivity index (χ1n) is 9.92. The van der Waals surface area contributed by atoms with Crippen LogP contribution in [0.4, 0.5) is 10.5 Å². The fraction of sp³-hybridized carbons (Fsp3) is 0.476. The van der Waals surface area contributed by atoms with Crippen LogP contribution in [0.25, 0.3) is 0 Å². The molecule has 2 aromatic rings. The SMILES string of the molecule is Cc1sc([S@@](N)(=O)=NC(=O)Nc2c3c(cc4c2CCC4)CCC3)cc1C(C)(C)O. The zero-order chi connectivity index (χ0) is 21.0. The van der Waals surface area contributed by atoms with Crippen molar-refractivity contribution in [3.8, 4) is 0 Å². The minimum atomic E-state index is -3.40. The van der Waals surface area contributed by atoms with Crippen LogP contribution in [0.3, 0.4) is 0 Å². The highest BCUT2D eigenvalue weighted by molar-refractivity contribution is 7.93. The molecule has 4 N–H and O–H groups in total. The summed E-state index contributed by atoms with van der Waals surface area (Å²) in [6, 6.07) is 3.20. The van der Waals surface area contributed by atoms with E-state index < -0.39 is 21.5 Å². The van der Waals surface area contributed by atoms with Crippen LogP contribution in [0.2, 0.25) is 0 Å². The molecular weight excluding hydrogens is 406 g/mol.